The molecule has 4 N–H and O–H groups in total. The van der Waals surface area contributed by atoms with Crippen LogP contribution in [0, 0.1) is 11.8 Å². The third-order valence-electron chi connectivity index (χ3n) is 4.18. The lowest BCUT2D eigenvalue weighted by molar-refractivity contribution is -0.122. The van der Waals surface area contributed by atoms with Crippen molar-refractivity contribution in [1.29, 1.82) is 0 Å². The van der Waals surface area contributed by atoms with Crippen LogP contribution in [-0.2, 0) is 4.79 Å². The molecule has 3 atom stereocenters. The van der Waals surface area contributed by atoms with E-state index in [1.807, 2.05) is 18.2 Å². The Morgan fingerprint density at radius 1 is 1.35 bits per heavy atom. The molecule has 0 bridgehead atoms. The van der Waals surface area contributed by atoms with Crippen LogP contribution in [0.1, 0.15) is 30.7 Å². The van der Waals surface area contributed by atoms with Crippen molar-refractivity contribution in [2.45, 2.75) is 31.2 Å². The molecule has 2 aliphatic rings. The van der Waals surface area contributed by atoms with E-state index in [9.17, 15) is 4.79 Å². The molecule has 0 heterocycles. The molecule has 20 heavy (non-hydrogen) atoms. The van der Waals surface area contributed by atoms with Gasteiger partial charge in [0, 0.05) is 5.92 Å². The molecule has 2 saturated carbocycles. The Kier molecular flexibility index (Phi) is 3.34. The Balaban J connectivity index is 1.60. The van der Waals surface area contributed by atoms with Crippen LogP contribution in [0.5, 0.6) is 0 Å². The van der Waals surface area contributed by atoms with Gasteiger partial charge in [-0.2, -0.15) is 0 Å². The van der Waals surface area contributed by atoms with Gasteiger partial charge in [0.25, 0.3) is 0 Å². The fourth-order valence-corrected chi connectivity index (χ4v) is 2.74. The number of oxime groups is 1. The first kappa shape index (κ1) is 13.0. The summed E-state index contributed by atoms with van der Waals surface area (Å²) in [5, 5.41) is 14.8. The predicted molar refractivity (Wildman–Crippen MR) is 75.4 cm³/mol. The number of nitrogens with two attached hydrogens (primary N) is 1. The van der Waals surface area contributed by atoms with Crippen molar-refractivity contribution >= 4 is 11.7 Å². The topological polar surface area (TPSA) is 87.7 Å². The summed E-state index contributed by atoms with van der Waals surface area (Å²) in [4.78, 5) is 12.2. The molecule has 106 valence electrons. The second-order valence-corrected chi connectivity index (χ2v) is 5.71. The van der Waals surface area contributed by atoms with Crippen molar-refractivity contribution in [3.05, 3.63) is 35.9 Å². The van der Waals surface area contributed by atoms with Crippen LogP contribution >= 0.6 is 0 Å². The molecule has 1 amide bonds. The monoisotopic (exact) mass is 273 g/mol. The van der Waals surface area contributed by atoms with Crippen molar-refractivity contribution in [3.63, 3.8) is 0 Å². The van der Waals surface area contributed by atoms with E-state index in [1.165, 1.54) is 5.56 Å². The normalized spacial score (nSPS) is 26.9. The molecule has 1 aromatic rings. The molecule has 0 saturated heterocycles. The molecule has 2 aliphatic carbocycles. The van der Waals surface area contributed by atoms with Gasteiger partial charge in [0.05, 0.1) is 6.04 Å². The van der Waals surface area contributed by atoms with E-state index < -0.39 is 0 Å². The summed E-state index contributed by atoms with van der Waals surface area (Å²) in [5.74, 6) is 0.775. The van der Waals surface area contributed by atoms with E-state index in [2.05, 4.69) is 22.6 Å². The Bertz CT molecular complexity index is 525. The summed E-state index contributed by atoms with van der Waals surface area (Å²) in [6, 6.07) is 9.75. The average Bonchev–Trinajstić information content (AvgIpc) is 3.37. The number of rotatable bonds is 5. The highest BCUT2D eigenvalue weighted by atomic mass is 16.4. The first-order valence-electron chi connectivity index (χ1n) is 7.03. The van der Waals surface area contributed by atoms with E-state index in [-0.39, 0.29) is 23.7 Å². The summed E-state index contributed by atoms with van der Waals surface area (Å²) in [5.41, 5.74) is 6.87. The van der Waals surface area contributed by atoms with Crippen LogP contribution in [0.4, 0.5) is 0 Å². The van der Waals surface area contributed by atoms with Crippen LogP contribution in [0.2, 0.25) is 0 Å². The maximum absolute atomic E-state index is 12.2. The number of nitrogens with zero attached hydrogens (tertiary/aromatic N) is 1. The molecule has 0 radical (unpaired) electrons. The summed E-state index contributed by atoms with van der Waals surface area (Å²) in [6.07, 6.45) is 2.92. The van der Waals surface area contributed by atoms with Gasteiger partial charge in [-0.05, 0) is 36.7 Å². The van der Waals surface area contributed by atoms with Gasteiger partial charge >= 0.3 is 0 Å². The van der Waals surface area contributed by atoms with Crippen molar-refractivity contribution in [2.24, 2.45) is 22.7 Å². The van der Waals surface area contributed by atoms with Gasteiger partial charge in [0.15, 0.2) is 5.84 Å². The van der Waals surface area contributed by atoms with Crippen molar-refractivity contribution in [1.82, 2.24) is 5.32 Å². The SMILES string of the molecule is N/C(=N/O)C(NC(=O)C1CC1c1ccccc1)C1CC1. The number of amidine groups is 1. The number of hydrogen-bond donors (Lipinski definition) is 3. The van der Waals surface area contributed by atoms with Gasteiger partial charge in [0.1, 0.15) is 0 Å². The zero-order chi connectivity index (χ0) is 14.1. The van der Waals surface area contributed by atoms with Crippen molar-refractivity contribution in [2.75, 3.05) is 0 Å². The highest BCUT2D eigenvalue weighted by Gasteiger charge is 2.46. The lowest BCUT2D eigenvalue weighted by atomic mass is 10.1. The van der Waals surface area contributed by atoms with Crippen LogP contribution in [0.3, 0.4) is 0 Å². The highest BCUT2D eigenvalue weighted by molar-refractivity contribution is 5.92. The van der Waals surface area contributed by atoms with Gasteiger partial charge in [-0.15, -0.1) is 0 Å². The van der Waals surface area contributed by atoms with Crippen LogP contribution in [-0.4, -0.2) is 23.0 Å². The number of carbonyl (C=O) groups is 1. The minimum atomic E-state index is -0.315. The van der Waals surface area contributed by atoms with Crippen LogP contribution in [0.15, 0.2) is 35.5 Å². The molecule has 3 rings (SSSR count). The maximum Gasteiger partial charge on any atom is 0.224 e. The van der Waals surface area contributed by atoms with Gasteiger partial charge in [-0.3, -0.25) is 4.79 Å². The smallest absolute Gasteiger partial charge is 0.224 e. The summed E-state index contributed by atoms with van der Waals surface area (Å²) < 4.78 is 0. The lowest BCUT2D eigenvalue weighted by Gasteiger charge is -2.16. The van der Waals surface area contributed by atoms with Gasteiger partial charge in [0.2, 0.25) is 5.91 Å². The maximum atomic E-state index is 12.2. The van der Waals surface area contributed by atoms with E-state index >= 15 is 0 Å². The van der Waals surface area contributed by atoms with Crippen LogP contribution < -0.4 is 11.1 Å². The third kappa shape index (κ3) is 2.61. The molecule has 0 spiro atoms. The van der Waals surface area contributed by atoms with Crippen molar-refractivity contribution in [3.8, 4) is 0 Å². The van der Waals surface area contributed by atoms with E-state index in [0.29, 0.717) is 11.8 Å². The van der Waals surface area contributed by atoms with E-state index in [4.69, 9.17) is 10.9 Å². The molecule has 0 aromatic heterocycles. The summed E-state index contributed by atoms with van der Waals surface area (Å²) in [6.45, 7) is 0. The highest BCUT2D eigenvalue weighted by Crippen LogP contribution is 2.47. The average molecular weight is 273 g/mol. The zero-order valence-electron chi connectivity index (χ0n) is 11.2. The minimum Gasteiger partial charge on any atom is -0.409 e. The van der Waals surface area contributed by atoms with Gasteiger partial charge < -0.3 is 16.3 Å². The summed E-state index contributed by atoms with van der Waals surface area (Å²) in [7, 11) is 0. The first-order valence-corrected chi connectivity index (χ1v) is 7.03. The Morgan fingerprint density at radius 2 is 2.05 bits per heavy atom. The Hall–Kier alpha value is -2.04. The summed E-state index contributed by atoms with van der Waals surface area (Å²) >= 11 is 0. The largest absolute Gasteiger partial charge is 0.409 e. The fraction of sp³-hybridized carbons (Fsp3) is 0.467. The number of carbonyl (C=O) groups excluding carboxylic acids is 1. The van der Waals surface area contributed by atoms with E-state index in [0.717, 1.165) is 19.3 Å². The number of benzene rings is 1. The number of nitrogens with one attached hydrogen (secondary N) is 1. The lowest BCUT2D eigenvalue weighted by Crippen LogP contribution is -2.46. The van der Waals surface area contributed by atoms with Crippen molar-refractivity contribution < 1.29 is 10.0 Å². The fourth-order valence-electron chi connectivity index (χ4n) is 2.74. The number of hydrogen-bond acceptors (Lipinski definition) is 3. The minimum absolute atomic E-state index is 0.0161. The second kappa shape index (κ2) is 5.15. The molecule has 2 fully saturated rings. The molecule has 0 aliphatic heterocycles. The van der Waals surface area contributed by atoms with Crippen LogP contribution in [0.25, 0.3) is 0 Å². The Labute approximate surface area is 117 Å². The zero-order valence-corrected chi connectivity index (χ0v) is 11.2. The molecule has 1 aromatic carbocycles. The third-order valence-corrected chi connectivity index (χ3v) is 4.18. The van der Waals surface area contributed by atoms with Gasteiger partial charge in [-0.25, -0.2) is 0 Å². The molecule has 3 unspecified atom stereocenters. The van der Waals surface area contributed by atoms with E-state index in [1.54, 1.807) is 0 Å². The van der Waals surface area contributed by atoms with Gasteiger partial charge in [-0.1, -0.05) is 35.5 Å². The molecular weight excluding hydrogens is 254 g/mol. The first-order chi connectivity index (χ1) is 9.70. The standard InChI is InChI=1S/C15H19N3O2/c16-14(18-20)13(10-6-7-10)17-15(19)12-8-11(12)9-4-2-1-3-5-9/h1-5,10-13,20H,6-8H2,(H2,16,18)(H,17,19). The molecular formula is C15H19N3O2. The second-order valence-electron chi connectivity index (χ2n) is 5.71. The Morgan fingerprint density at radius 3 is 2.65 bits per heavy atom. The molecule has 5 nitrogen and oxygen atoms in total. The molecule has 5 heteroatoms. The number of amides is 1. The predicted octanol–water partition coefficient (Wildman–Crippen LogP) is 1.43. The quantitative estimate of drug-likeness (QED) is 0.328.